The van der Waals surface area contributed by atoms with Gasteiger partial charge in [-0.15, -0.1) is 0 Å². The molecule has 3 aromatic rings. The SMILES string of the molecule is O=C(O)CCC(NC(=O)OCC1c2ccccc2-c2ccccc21)C(=O)NCc1cnccn1. The summed E-state index contributed by atoms with van der Waals surface area (Å²) in [6, 6.07) is 14.9. The number of carbonyl (C=O) groups is 3. The first kappa shape index (κ1) is 22.9. The predicted molar refractivity (Wildman–Crippen MR) is 123 cm³/mol. The molecule has 0 bridgehead atoms. The molecule has 0 aliphatic heterocycles. The Morgan fingerprint density at radius 2 is 1.68 bits per heavy atom. The van der Waals surface area contributed by atoms with E-state index in [4.69, 9.17) is 9.84 Å². The number of carboxylic acid groups (broad SMARTS) is 1. The van der Waals surface area contributed by atoms with E-state index < -0.39 is 24.0 Å². The van der Waals surface area contributed by atoms with Gasteiger partial charge >= 0.3 is 12.1 Å². The number of aromatic nitrogens is 2. The molecular formula is C25H24N4O5. The van der Waals surface area contributed by atoms with Crippen LogP contribution in [-0.2, 0) is 20.9 Å². The molecule has 1 unspecified atom stereocenters. The zero-order valence-corrected chi connectivity index (χ0v) is 18.3. The zero-order valence-electron chi connectivity index (χ0n) is 18.3. The number of ether oxygens (including phenoxy) is 1. The van der Waals surface area contributed by atoms with E-state index in [1.807, 2.05) is 48.5 Å². The average molecular weight is 460 g/mol. The van der Waals surface area contributed by atoms with Crippen molar-refractivity contribution >= 4 is 18.0 Å². The number of alkyl carbamates (subject to hydrolysis) is 1. The van der Waals surface area contributed by atoms with Crippen LogP contribution in [0.5, 0.6) is 0 Å². The van der Waals surface area contributed by atoms with Crippen molar-refractivity contribution in [2.45, 2.75) is 31.3 Å². The fourth-order valence-electron chi connectivity index (χ4n) is 4.04. The number of nitrogens with zero attached hydrogens (tertiary/aromatic N) is 2. The molecule has 2 amide bonds. The molecule has 4 rings (SSSR count). The monoisotopic (exact) mass is 460 g/mol. The van der Waals surface area contributed by atoms with Crippen LogP contribution in [0.4, 0.5) is 4.79 Å². The van der Waals surface area contributed by atoms with Gasteiger partial charge in [-0.2, -0.15) is 0 Å². The van der Waals surface area contributed by atoms with Crippen LogP contribution < -0.4 is 10.6 Å². The summed E-state index contributed by atoms with van der Waals surface area (Å²) in [5.41, 5.74) is 4.89. The molecule has 3 N–H and O–H groups in total. The Morgan fingerprint density at radius 3 is 2.29 bits per heavy atom. The van der Waals surface area contributed by atoms with Crippen molar-refractivity contribution in [3.8, 4) is 11.1 Å². The lowest BCUT2D eigenvalue weighted by molar-refractivity contribution is -0.137. The average Bonchev–Trinajstić information content (AvgIpc) is 3.18. The number of fused-ring (bicyclic) bond motifs is 3. The summed E-state index contributed by atoms with van der Waals surface area (Å²) in [6.45, 7) is 0.190. The van der Waals surface area contributed by atoms with Crippen LogP contribution in [-0.4, -0.2) is 45.7 Å². The summed E-state index contributed by atoms with van der Waals surface area (Å²) in [5, 5.41) is 14.2. The maximum absolute atomic E-state index is 12.6. The molecular weight excluding hydrogens is 436 g/mol. The van der Waals surface area contributed by atoms with E-state index >= 15 is 0 Å². The normalized spacial score (nSPS) is 12.8. The molecule has 0 saturated heterocycles. The topological polar surface area (TPSA) is 131 Å². The van der Waals surface area contributed by atoms with Crippen molar-refractivity contribution in [2.75, 3.05) is 6.61 Å². The Hall–Kier alpha value is -4.27. The standard InChI is InChI=1S/C25H24N4O5/c30-23(31)10-9-22(24(32)28-14-16-13-26-11-12-27-16)29-25(33)34-15-21-19-7-3-1-5-17(19)18-6-2-4-8-20(18)21/h1-8,11-13,21-22H,9-10,14-15H2,(H,28,32)(H,29,33)(H,30,31). The summed E-state index contributed by atoms with van der Waals surface area (Å²) >= 11 is 0. The summed E-state index contributed by atoms with van der Waals surface area (Å²) in [5.74, 6) is -1.72. The number of hydrogen-bond donors (Lipinski definition) is 3. The maximum Gasteiger partial charge on any atom is 0.407 e. The second kappa shape index (κ2) is 10.6. The first-order valence-electron chi connectivity index (χ1n) is 10.9. The van der Waals surface area contributed by atoms with Gasteiger partial charge in [-0.1, -0.05) is 48.5 Å². The number of benzene rings is 2. The quantitative estimate of drug-likeness (QED) is 0.448. The second-order valence-corrected chi connectivity index (χ2v) is 7.87. The highest BCUT2D eigenvalue weighted by Gasteiger charge is 2.30. The minimum absolute atomic E-state index is 0.0775. The third kappa shape index (κ3) is 5.37. The number of amides is 2. The van der Waals surface area contributed by atoms with Crippen molar-refractivity contribution in [3.05, 3.63) is 83.9 Å². The van der Waals surface area contributed by atoms with Gasteiger partial charge in [-0.3, -0.25) is 19.6 Å². The third-order valence-corrected chi connectivity index (χ3v) is 5.66. The van der Waals surface area contributed by atoms with Gasteiger partial charge in [-0.25, -0.2) is 4.79 Å². The van der Waals surface area contributed by atoms with E-state index in [0.717, 1.165) is 22.3 Å². The second-order valence-electron chi connectivity index (χ2n) is 7.87. The zero-order chi connectivity index (χ0) is 23.9. The van der Waals surface area contributed by atoms with Gasteiger partial charge in [0.1, 0.15) is 12.6 Å². The van der Waals surface area contributed by atoms with Crippen molar-refractivity contribution in [1.82, 2.24) is 20.6 Å². The molecule has 1 aliphatic carbocycles. The molecule has 174 valence electrons. The van der Waals surface area contributed by atoms with Crippen molar-refractivity contribution in [1.29, 1.82) is 0 Å². The Labute approximate surface area is 196 Å². The van der Waals surface area contributed by atoms with Crippen LogP contribution >= 0.6 is 0 Å². The molecule has 9 nitrogen and oxygen atoms in total. The first-order chi connectivity index (χ1) is 16.5. The molecule has 1 aromatic heterocycles. The Kier molecular flexibility index (Phi) is 7.12. The highest BCUT2D eigenvalue weighted by Crippen LogP contribution is 2.44. The minimum atomic E-state index is -1.07. The minimum Gasteiger partial charge on any atom is -0.481 e. The highest BCUT2D eigenvalue weighted by molar-refractivity contribution is 5.86. The van der Waals surface area contributed by atoms with E-state index in [2.05, 4.69) is 20.6 Å². The van der Waals surface area contributed by atoms with Crippen LogP contribution in [0.1, 0.15) is 35.6 Å². The van der Waals surface area contributed by atoms with Crippen molar-refractivity contribution in [3.63, 3.8) is 0 Å². The fraction of sp³-hybridized carbons (Fsp3) is 0.240. The fourth-order valence-corrected chi connectivity index (χ4v) is 4.04. The molecule has 0 radical (unpaired) electrons. The summed E-state index contributed by atoms with van der Waals surface area (Å²) in [6.07, 6.45) is 3.37. The van der Waals surface area contributed by atoms with Gasteiger partial charge in [-0.05, 0) is 28.7 Å². The van der Waals surface area contributed by atoms with E-state index in [-0.39, 0.29) is 31.9 Å². The molecule has 1 heterocycles. The smallest absolute Gasteiger partial charge is 0.407 e. The van der Waals surface area contributed by atoms with Crippen LogP contribution in [0.2, 0.25) is 0 Å². The number of hydrogen-bond acceptors (Lipinski definition) is 6. The molecule has 2 aromatic carbocycles. The number of nitrogens with one attached hydrogen (secondary N) is 2. The van der Waals surface area contributed by atoms with Crippen molar-refractivity contribution in [2.24, 2.45) is 0 Å². The molecule has 1 aliphatic rings. The number of carboxylic acids is 1. The number of rotatable bonds is 9. The molecule has 0 saturated carbocycles. The summed E-state index contributed by atoms with van der Waals surface area (Å²) in [4.78, 5) is 44.2. The van der Waals surface area contributed by atoms with Gasteiger partial charge in [0.25, 0.3) is 0 Å². The van der Waals surface area contributed by atoms with E-state index in [0.29, 0.717) is 5.69 Å². The lowest BCUT2D eigenvalue weighted by atomic mass is 9.98. The van der Waals surface area contributed by atoms with E-state index in [1.54, 1.807) is 0 Å². The summed E-state index contributed by atoms with van der Waals surface area (Å²) in [7, 11) is 0. The Morgan fingerprint density at radius 1 is 1.00 bits per heavy atom. The first-order valence-corrected chi connectivity index (χ1v) is 10.9. The van der Waals surface area contributed by atoms with Gasteiger partial charge in [0.2, 0.25) is 5.91 Å². The van der Waals surface area contributed by atoms with Crippen LogP contribution in [0.25, 0.3) is 11.1 Å². The van der Waals surface area contributed by atoms with E-state index in [9.17, 15) is 14.4 Å². The lowest BCUT2D eigenvalue weighted by Crippen LogP contribution is -2.47. The third-order valence-electron chi connectivity index (χ3n) is 5.66. The molecule has 0 spiro atoms. The molecule has 1 atom stereocenters. The maximum atomic E-state index is 12.6. The van der Waals surface area contributed by atoms with Crippen LogP contribution in [0, 0.1) is 0 Å². The largest absolute Gasteiger partial charge is 0.481 e. The molecule has 0 fully saturated rings. The number of carbonyl (C=O) groups excluding carboxylic acids is 2. The highest BCUT2D eigenvalue weighted by atomic mass is 16.5. The predicted octanol–water partition coefficient (Wildman–Crippen LogP) is 2.86. The molecule has 9 heteroatoms. The Balaban J connectivity index is 1.39. The van der Waals surface area contributed by atoms with Gasteiger partial charge < -0.3 is 20.5 Å². The molecule has 34 heavy (non-hydrogen) atoms. The van der Waals surface area contributed by atoms with Gasteiger partial charge in [0, 0.05) is 24.7 Å². The van der Waals surface area contributed by atoms with Crippen molar-refractivity contribution < 1.29 is 24.2 Å². The van der Waals surface area contributed by atoms with Gasteiger partial charge in [0.05, 0.1) is 18.4 Å². The Bertz CT molecular complexity index is 1140. The lowest BCUT2D eigenvalue weighted by Gasteiger charge is -2.19. The summed E-state index contributed by atoms with van der Waals surface area (Å²) < 4.78 is 5.49. The van der Waals surface area contributed by atoms with Gasteiger partial charge in [0.15, 0.2) is 0 Å². The van der Waals surface area contributed by atoms with Crippen LogP contribution in [0.15, 0.2) is 67.1 Å². The number of aliphatic carboxylic acids is 1. The van der Waals surface area contributed by atoms with Crippen LogP contribution in [0.3, 0.4) is 0 Å². The van der Waals surface area contributed by atoms with E-state index in [1.165, 1.54) is 18.6 Å².